The molecule has 0 bridgehead atoms. The van der Waals surface area contributed by atoms with Crippen molar-refractivity contribution in [2.75, 3.05) is 20.1 Å². The van der Waals surface area contributed by atoms with Gasteiger partial charge in [0.1, 0.15) is 11.4 Å². The molecule has 0 saturated carbocycles. The Balaban J connectivity index is 0.00000261. The maximum absolute atomic E-state index is 5.98. The molecule has 144 valence electrons. The summed E-state index contributed by atoms with van der Waals surface area (Å²) >= 11 is 1.22. The zero-order valence-corrected chi connectivity index (χ0v) is 17.6. The number of rotatable bonds is 7. The van der Waals surface area contributed by atoms with Gasteiger partial charge in [-0.1, -0.05) is 13.0 Å². The van der Waals surface area contributed by atoms with Crippen molar-refractivity contribution in [3.8, 4) is 22.5 Å². The van der Waals surface area contributed by atoms with Gasteiger partial charge in [-0.15, -0.1) is 12.4 Å². The second-order valence-corrected chi connectivity index (χ2v) is 6.98. The lowest BCUT2D eigenvalue weighted by molar-refractivity contribution is 0.357. The first-order valence-corrected chi connectivity index (χ1v) is 9.40. The number of benzene rings is 1. The van der Waals surface area contributed by atoms with E-state index in [9.17, 15) is 0 Å². The Labute approximate surface area is 170 Å². The van der Waals surface area contributed by atoms with Gasteiger partial charge in [0.25, 0.3) is 5.19 Å². The highest BCUT2D eigenvalue weighted by Crippen LogP contribution is 2.30. The molecule has 0 saturated heterocycles. The van der Waals surface area contributed by atoms with Crippen molar-refractivity contribution in [1.29, 1.82) is 0 Å². The minimum Gasteiger partial charge on any atom is -0.430 e. The van der Waals surface area contributed by atoms with Gasteiger partial charge < -0.3 is 9.64 Å². The molecule has 0 N–H and O–H groups in total. The molecule has 6 nitrogen and oxygen atoms in total. The van der Waals surface area contributed by atoms with E-state index in [1.54, 1.807) is 18.6 Å². The molecule has 0 fully saturated rings. The van der Waals surface area contributed by atoms with Gasteiger partial charge in [0.2, 0.25) is 0 Å². The minimum absolute atomic E-state index is 0. The highest BCUT2D eigenvalue weighted by molar-refractivity contribution is 7.07. The van der Waals surface area contributed by atoms with Crippen LogP contribution in [-0.4, -0.2) is 44.4 Å². The molecule has 0 aliphatic heterocycles. The number of aryl methyl sites for hydroxylation is 2. The maximum Gasteiger partial charge on any atom is 0.299 e. The van der Waals surface area contributed by atoms with Crippen LogP contribution in [0.1, 0.15) is 23.6 Å². The van der Waals surface area contributed by atoms with Gasteiger partial charge in [0.15, 0.2) is 5.82 Å². The van der Waals surface area contributed by atoms with Gasteiger partial charge in [0.05, 0.1) is 6.20 Å². The number of halogens is 1. The van der Waals surface area contributed by atoms with Crippen molar-refractivity contribution in [1.82, 2.24) is 24.2 Å². The van der Waals surface area contributed by atoms with Crippen molar-refractivity contribution < 1.29 is 4.74 Å². The lowest BCUT2D eigenvalue weighted by Crippen LogP contribution is -2.20. The van der Waals surface area contributed by atoms with E-state index in [1.807, 2.05) is 0 Å². The highest BCUT2D eigenvalue weighted by Gasteiger charge is 2.12. The number of aromatic nitrogens is 4. The molecule has 0 atom stereocenters. The molecule has 0 aliphatic rings. The number of ether oxygens (including phenoxy) is 1. The van der Waals surface area contributed by atoms with Gasteiger partial charge in [-0.2, -0.15) is 9.36 Å². The lowest BCUT2D eigenvalue weighted by Gasteiger charge is -2.16. The normalized spacial score (nSPS) is 10.7. The summed E-state index contributed by atoms with van der Waals surface area (Å²) in [5.74, 6) is 1.35. The predicted molar refractivity (Wildman–Crippen MR) is 111 cm³/mol. The summed E-state index contributed by atoms with van der Waals surface area (Å²) in [5, 5.41) is 0.506. The van der Waals surface area contributed by atoms with Crippen LogP contribution in [0, 0.1) is 13.8 Å². The maximum atomic E-state index is 5.98. The highest BCUT2D eigenvalue weighted by atomic mass is 35.5. The largest absolute Gasteiger partial charge is 0.430 e. The minimum atomic E-state index is 0. The second kappa shape index (κ2) is 9.73. The third-order valence-electron chi connectivity index (χ3n) is 4.33. The van der Waals surface area contributed by atoms with Crippen LogP contribution in [0.2, 0.25) is 0 Å². The summed E-state index contributed by atoms with van der Waals surface area (Å²) in [6.45, 7) is 8.47. The Bertz CT molecular complexity index is 872. The monoisotopic (exact) mass is 405 g/mol. The summed E-state index contributed by atoms with van der Waals surface area (Å²) < 4.78 is 10.3. The van der Waals surface area contributed by atoms with Crippen LogP contribution < -0.4 is 4.74 Å². The fourth-order valence-electron chi connectivity index (χ4n) is 2.56. The number of hydrogen-bond acceptors (Lipinski definition) is 7. The van der Waals surface area contributed by atoms with Gasteiger partial charge >= 0.3 is 0 Å². The summed E-state index contributed by atoms with van der Waals surface area (Å²) in [4.78, 5) is 15.0. The van der Waals surface area contributed by atoms with Crippen LogP contribution in [0.3, 0.4) is 0 Å². The quantitative estimate of drug-likeness (QED) is 0.583. The molecule has 0 aliphatic carbocycles. The molecule has 0 unspecified atom stereocenters. The zero-order valence-electron chi connectivity index (χ0n) is 16.0. The Morgan fingerprint density at radius 1 is 1.15 bits per heavy atom. The number of likely N-dealkylation sites (N-methyl/N-ethyl adjacent to an activating group) is 1. The molecule has 3 rings (SSSR count). The first-order valence-electron chi connectivity index (χ1n) is 8.63. The van der Waals surface area contributed by atoms with Gasteiger partial charge in [-0.3, -0.25) is 4.98 Å². The molecule has 2 heterocycles. The third-order valence-corrected chi connectivity index (χ3v) is 4.93. The van der Waals surface area contributed by atoms with Crippen LogP contribution in [0.15, 0.2) is 30.7 Å². The molecule has 3 aromatic rings. The Kier molecular flexibility index (Phi) is 7.65. The van der Waals surface area contributed by atoms with Gasteiger partial charge in [-0.25, -0.2) is 4.98 Å². The van der Waals surface area contributed by atoms with Crippen LogP contribution in [0.4, 0.5) is 0 Å². The van der Waals surface area contributed by atoms with Gasteiger partial charge in [0, 0.05) is 30.5 Å². The molecule has 1 aromatic carbocycles. The SMILES string of the molecule is CCN(C)CCc1cc(C)c(Oc2nc(-c3cnccn3)ns2)cc1C.Cl. The molecule has 8 heteroatoms. The van der Waals surface area contributed by atoms with Crippen LogP contribution in [0.5, 0.6) is 10.9 Å². The average Bonchev–Trinajstić information content (AvgIpc) is 3.12. The van der Waals surface area contributed by atoms with E-state index in [0.29, 0.717) is 16.7 Å². The van der Waals surface area contributed by atoms with Crippen LogP contribution >= 0.6 is 23.9 Å². The Hall–Kier alpha value is -2.09. The van der Waals surface area contributed by atoms with Crippen molar-refractivity contribution in [2.24, 2.45) is 0 Å². The molecule has 2 aromatic heterocycles. The fourth-order valence-corrected chi connectivity index (χ4v) is 3.12. The van der Waals surface area contributed by atoms with Crippen LogP contribution in [0.25, 0.3) is 11.5 Å². The zero-order chi connectivity index (χ0) is 18.5. The van der Waals surface area contributed by atoms with Crippen molar-refractivity contribution >= 4 is 23.9 Å². The first kappa shape index (κ1) is 21.2. The predicted octanol–water partition coefficient (Wildman–Crippen LogP) is 4.32. The van der Waals surface area contributed by atoms with Gasteiger partial charge in [-0.05, 0) is 56.6 Å². The fraction of sp³-hybridized carbons (Fsp3) is 0.368. The van der Waals surface area contributed by atoms with Crippen molar-refractivity contribution in [2.45, 2.75) is 27.2 Å². The molecule has 27 heavy (non-hydrogen) atoms. The van der Waals surface area contributed by atoms with E-state index in [4.69, 9.17) is 4.74 Å². The average molecular weight is 406 g/mol. The topological polar surface area (TPSA) is 64.0 Å². The van der Waals surface area contributed by atoms with E-state index in [2.05, 4.69) is 64.2 Å². The summed E-state index contributed by atoms with van der Waals surface area (Å²) in [5.41, 5.74) is 4.32. The third kappa shape index (κ3) is 5.45. The summed E-state index contributed by atoms with van der Waals surface area (Å²) in [6, 6.07) is 4.29. The standard InChI is InChI=1S/C19H23N5OS.ClH/c1-5-24(4)9-6-15-10-14(3)17(11-13(15)2)25-19-22-18(23-26-19)16-12-20-7-8-21-16;/h7-8,10-12H,5-6,9H2,1-4H3;1H. The van der Waals surface area contributed by atoms with E-state index < -0.39 is 0 Å². The molecule has 0 amide bonds. The lowest BCUT2D eigenvalue weighted by atomic mass is 10.0. The van der Waals surface area contributed by atoms with E-state index in [1.165, 1.54) is 22.7 Å². The van der Waals surface area contributed by atoms with Crippen molar-refractivity contribution in [3.63, 3.8) is 0 Å². The van der Waals surface area contributed by atoms with E-state index in [-0.39, 0.29) is 12.4 Å². The number of hydrogen-bond donors (Lipinski definition) is 0. The first-order chi connectivity index (χ1) is 12.6. The second-order valence-electron chi connectivity index (χ2n) is 6.27. The Morgan fingerprint density at radius 2 is 1.96 bits per heavy atom. The van der Waals surface area contributed by atoms with Crippen molar-refractivity contribution in [3.05, 3.63) is 47.4 Å². The van der Waals surface area contributed by atoms with E-state index >= 15 is 0 Å². The summed E-state index contributed by atoms with van der Waals surface area (Å²) in [7, 11) is 2.14. The Morgan fingerprint density at radius 3 is 2.67 bits per heavy atom. The molecular formula is C19H24ClN5OS. The van der Waals surface area contributed by atoms with Crippen LogP contribution in [-0.2, 0) is 6.42 Å². The molecule has 0 spiro atoms. The smallest absolute Gasteiger partial charge is 0.299 e. The molecular weight excluding hydrogens is 382 g/mol. The van der Waals surface area contributed by atoms with E-state index in [0.717, 1.165) is 30.8 Å². The summed E-state index contributed by atoms with van der Waals surface area (Å²) in [6.07, 6.45) is 5.93. The number of nitrogens with zero attached hydrogens (tertiary/aromatic N) is 5. The molecule has 0 radical (unpaired) electrons.